The molecular weight excluding hydrogens is 276 g/mol. The molecule has 0 radical (unpaired) electrons. The van der Waals surface area contributed by atoms with Crippen molar-refractivity contribution in [1.82, 2.24) is 0 Å². The molecule has 2 rings (SSSR count). The Bertz CT molecular complexity index is 519. The van der Waals surface area contributed by atoms with E-state index in [0.29, 0.717) is 0 Å². The molecule has 0 aliphatic rings. The van der Waals surface area contributed by atoms with Crippen LogP contribution in [0.25, 0.3) is 0 Å². The first kappa shape index (κ1) is 12.1. The van der Waals surface area contributed by atoms with E-state index in [1.165, 1.54) is 0 Å². The van der Waals surface area contributed by atoms with Gasteiger partial charge in [0.05, 0.1) is 5.92 Å². The van der Waals surface area contributed by atoms with Crippen molar-refractivity contribution >= 4 is 21.7 Å². The van der Waals surface area contributed by atoms with Crippen LogP contribution in [0.15, 0.2) is 59.1 Å². The van der Waals surface area contributed by atoms with Crippen molar-refractivity contribution < 1.29 is 4.79 Å². The molecule has 0 N–H and O–H groups in total. The first-order chi connectivity index (χ1) is 8.18. The van der Waals surface area contributed by atoms with E-state index >= 15 is 0 Å². The fraction of sp³-hybridized carbons (Fsp3) is 0.133. The van der Waals surface area contributed by atoms with Gasteiger partial charge in [-0.3, -0.25) is 4.79 Å². The second-order valence-corrected chi connectivity index (χ2v) is 4.93. The molecule has 0 aliphatic carbocycles. The standard InChI is InChI=1S/C15H13BrO/c1-11(17)15(12-6-3-2-4-7-12)13-8-5-9-14(16)10-13/h2-10,15H,1H3. The molecule has 0 saturated heterocycles. The lowest BCUT2D eigenvalue weighted by atomic mass is 9.88. The molecule has 0 fully saturated rings. The minimum atomic E-state index is -0.173. The second-order valence-electron chi connectivity index (χ2n) is 4.01. The maximum absolute atomic E-state index is 11.8. The molecule has 0 amide bonds. The molecule has 0 heterocycles. The SMILES string of the molecule is CC(=O)C(c1ccccc1)c1cccc(Br)c1. The van der Waals surface area contributed by atoms with E-state index in [1.54, 1.807) is 6.92 Å². The minimum Gasteiger partial charge on any atom is -0.299 e. The number of hydrogen-bond acceptors (Lipinski definition) is 1. The molecule has 1 atom stereocenters. The minimum absolute atomic E-state index is 0.161. The number of carbonyl (C=O) groups is 1. The molecular formula is C15H13BrO. The number of Topliss-reactive ketones (excluding diaryl/α,β-unsaturated/α-hetero) is 1. The third-order valence-corrected chi connectivity index (χ3v) is 3.21. The van der Waals surface area contributed by atoms with Crippen LogP contribution < -0.4 is 0 Å². The summed E-state index contributed by atoms with van der Waals surface area (Å²) < 4.78 is 0.997. The van der Waals surface area contributed by atoms with Gasteiger partial charge < -0.3 is 0 Å². The predicted molar refractivity (Wildman–Crippen MR) is 73.1 cm³/mol. The molecule has 0 aliphatic heterocycles. The molecule has 0 spiro atoms. The Labute approximate surface area is 110 Å². The first-order valence-electron chi connectivity index (χ1n) is 5.49. The molecule has 2 aromatic carbocycles. The average molecular weight is 289 g/mol. The second kappa shape index (κ2) is 5.28. The molecule has 17 heavy (non-hydrogen) atoms. The molecule has 0 bridgehead atoms. The van der Waals surface area contributed by atoms with Gasteiger partial charge in [0, 0.05) is 4.47 Å². The molecule has 0 aromatic heterocycles. The lowest BCUT2D eigenvalue weighted by molar-refractivity contribution is -0.117. The van der Waals surface area contributed by atoms with Gasteiger partial charge in [-0.15, -0.1) is 0 Å². The largest absolute Gasteiger partial charge is 0.299 e. The Kier molecular flexibility index (Phi) is 3.75. The summed E-state index contributed by atoms with van der Waals surface area (Å²) in [6.07, 6.45) is 0. The van der Waals surface area contributed by atoms with Gasteiger partial charge in [-0.25, -0.2) is 0 Å². The summed E-state index contributed by atoms with van der Waals surface area (Å²) in [4.78, 5) is 11.8. The van der Waals surface area contributed by atoms with Crippen molar-refractivity contribution in [3.8, 4) is 0 Å². The van der Waals surface area contributed by atoms with Crippen molar-refractivity contribution in [2.24, 2.45) is 0 Å². The summed E-state index contributed by atoms with van der Waals surface area (Å²) in [5.74, 6) is -0.0111. The van der Waals surface area contributed by atoms with Crippen LogP contribution in [-0.2, 0) is 4.79 Å². The fourth-order valence-electron chi connectivity index (χ4n) is 1.99. The first-order valence-corrected chi connectivity index (χ1v) is 6.28. The van der Waals surface area contributed by atoms with Gasteiger partial charge in [0.2, 0.25) is 0 Å². The van der Waals surface area contributed by atoms with Crippen LogP contribution in [-0.4, -0.2) is 5.78 Å². The number of hydrogen-bond donors (Lipinski definition) is 0. The van der Waals surface area contributed by atoms with Gasteiger partial charge in [-0.05, 0) is 30.2 Å². The van der Waals surface area contributed by atoms with Crippen molar-refractivity contribution in [2.45, 2.75) is 12.8 Å². The Morgan fingerprint density at radius 2 is 1.65 bits per heavy atom. The summed E-state index contributed by atoms with van der Waals surface area (Å²) in [6, 6.07) is 17.8. The van der Waals surface area contributed by atoms with Crippen LogP contribution in [0, 0.1) is 0 Å². The van der Waals surface area contributed by atoms with Crippen molar-refractivity contribution in [3.05, 3.63) is 70.2 Å². The summed E-state index contributed by atoms with van der Waals surface area (Å²) in [5, 5.41) is 0. The fourth-order valence-corrected chi connectivity index (χ4v) is 2.41. The van der Waals surface area contributed by atoms with Gasteiger partial charge in [0.1, 0.15) is 5.78 Å². The van der Waals surface area contributed by atoms with Gasteiger partial charge in [-0.2, -0.15) is 0 Å². The highest BCUT2D eigenvalue weighted by Crippen LogP contribution is 2.27. The Morgan fingerprint density at radius 1 is 1.00 bits per heavy atom. The maximum atomic E-state index is 11.8. The summed E-state index contributed by atoms with van der Waals surface area (Å²) >= 11 is 3.44. The number of benzene rings is 2. The van der Waals surface area contributed by atoms with Crippen molar-refractivity contribution in [1.29, 1.82) is 0 Å². The summed E-state index contributed by atoms with van der Waals surface area (Å²) in [6.45, 7) is 1.64. The van der Waals surface area contributed by atoms with Crippen LogP contribution in [0.3, 0.4) is 0 Å². The van der Waals surface area contributed by atoms with E-state index in [2.05, 4.69) is 15.9 Å². The Morgan fingerprint density at radius 3 is 2.24 bits per heavy atom. The van der Waals surface area contributed by atoms with Gasteiger partial charge in [0.15, 0.2) is 0 Å². The number of carbonyl (C=O) groups excluding carboxylic acids is 1. The van der Waals surface area contributed by atoms with Crippen molar-refractivity contribution in [2.75, 3.05) is 0 Å². The molecule has 86 valence electrons. The molecule has 1 unspecified atom stereocenters. The number of halogens is 1. The van der Waals surface area contributed by atoms with E-state index in [4.69, 9.17) is 0 Å². The highest BCUT2D eigenvalue weighted by Gasteiger charge is 2.18. The zero-order valence-electron chi connectivity index (χ0n) is 9.56. The highest BCUT2D eigenvalue weighted by atomic mass is 79.9. The average Bonchev–Trinajstić information content (AvgIpc) is 2.30. The lowest BCUT2D eigenvalue weighted by Gasteiger charge is -2.15. The molecule has 1 nitrogen and oxygen atoms in total. The normalized spacial score (nSPS) is 12.1. The number of ketones is 1. The van der Waals surface area contributed by atoms with E-state index in [0.717, 1.165) is 15.6 Å². The van der Waals surface area contributed by atoms with Gasteiger partial charge in [0.25, 0.3) is 0 Å². The van der Waals surface area contributed by atoms with Crippen molar-refractivity contribution in [3.63, 3.8) is 0 Å². The third-order valence-electron chi connectivity index (χ3n) is 2.72. The monoisotopic (exact) mass is 288 g/mol. The molecule has 2 aromatic rings. The van der Waals surface area contributed by atoms with E-state index < -0.39 is 0 Å². The van der Waals surface area contributed by atoms with E-state index in [-0.39, 0.29) is 11.7 Å². The smallest absolute Gasteiger partial charge is 0.141 e. The quantitative estimate of drug-likeness (QED) is 0.828. The van der Waals surface area contributed by atoms with Crippen LogP contribution in [0.1, 0.15) is 24.0 Å². The molecule has 2 heteroatoms. The number of rotatable bonds is 3. The predicted octanol–water partition coefficient (Wildman–Crippen LogP) is 4.17. The van der Waals surface area contributed by atoms with E-state index in [1.807, 2.05) is 54.6 Å². The zero-order valence-corrected chi connectivity index (χ0v) is 11.1. The molecule has 0 saturated carbocycles. The summed E-state index contributed by atoms with van der Waals surface area (Å²) in [7, 11) is 0. The van der Waals surface area contributed by atoms with Gasteiger partial charge >= 0.3 is 0 Å². The van der Waals surface area contributed by atoms with E-state index in [9.17, 15) is 4.79 Å². The summed E-state index contributed by atoms with van der Waals surface area (Å²) in [5.41, 5.74) is 2.07. The third kappa shape index (κ3) is 2.83. The topological polar surface area (TPSA) is 17.1 Å². The van der Waals surface area contributed by atoms with Gasteiger partial charge in [-0.1, -0.05) is 58.4 Å². The Balaban J connectivity index is 2.47. The van der Waals surface area contributed by atoms with Crippen LogP contribution in [0.5, 0.6) is 0 Å². The zero-order chi connectivity index (χ0) is 12.3. The Hall–Kier alpha value is -1.41. The van der Waals surface area contributed by atoms with Crippen LogP contribution >= 0.6 is 15.9 Å². The lowest BCUT2D eigenvalue weighted by Crippen LogP contribution is -2.10. The highest BCUT2D eigenvalue weighted by molar-refractivity contribution is 9.10. The van der Waals surface area contributed by atoms with Crippen LogP contribution in [0.2, 0.25) is 0 Å². The maximum Gasteiger partial charge on any atom is 0.141 e. The van der Waals surface area contributed by atoms with Crippen LogP contribution in [0.4, 0.5) is 0 Å².